The molecule has 62 valence electrons. The van der Waals surface area contributed by atoms with Crippen molar-refractivity contribution in [2.24, 2.45) is 5.73 Å². The highest BCUT2D eigenvalue weighted by Gasteiger charge is 2.03. The highest BCUT2D eigenvalue weighted by atomic mass is 16.5. The molecule has 0 aliphatic heterocycles. The molecule has 1 rings (SSSR count). The van der Waals surface area contributed by atoms with Crippen LogP contribution in [0.1, 0.15) is 5.69 Å². The fraction of sp³-hybridized carbons (Fsp3) is 0.571. The maximum Gasteiger partial charge on any atom is 0.0921 e. The first-order valence-electron chi connectivity index (χ1n) is 3.54. The number of nitrogens with two attached hydrogens (primary N) is 1. The normalized spacial score (nSPS) is 13.3. The average Bonchev–Trinajstić information content (AvgIpc) is 2.40. The molecule has 4 nitrogen and oxygen atoms in total. The quantitative estimate of drug-likeness (QED) is 0.639. The van der Waals surface area contributed by atoms with E-state index in [1.807, 2.05) is 0 Å². The van der Waals surface area contributed by atoms with Crippen LogP contribution in [-0.4, -0.2) is 29.7 Å². The van der Waals surface area contributed by atoms with Crippen molar-refractivity contribution in [2.45, 2.75) is 12.5 Å². The van der Waals surface area contributed by atoms with Crippen molar-refractivity contribution >= 4 is 0 Å². The third-order valence-corrected chi connectivity index (χ3v) is 1.42. The zero-order valence-corrected chi connectivity index (χ0v) is 6.58. The molecule has 4 heteroatoms. The van der Waals surface area contributed by atoms with E-state index in [-0.39, 0.29) is 6.04 Å². The smallest absolute Gasteiger partial charge is 0.0921 e. The van der Waals surface area contributed by atoms with Gasteiger partial charge in [-0.15, -0.1) is 0 Å². The summed E-state index contributed by atoms with van der Waals surface area (Å²) in [6, 6.07) is 0.0560. The van der Waals surface area contributed by atoms with Gasteiger partial charge < -0.3 is 15.5 Å². The highest BCUT2D eigenvalue weighted by Crippen LogP contribution is 1.95. The lowest BCUT2D eigenvalue weighted by Crippen LogP contribution is -2.28. The summed E-state index contributed by atoms with van der Waals surface area (Å²) in [5.41, 5.74) is 6.75. The number of aromatic amines is 1. The third-order valence-electron chi connectivity index (χ3n) is 1.42. The summed E-state index contributed by atoms with van der Waals surface area (Å²) in [5.74, 6) is 0. The molecule has 0 radical (unpaired) electrons. The van der Waals surface area contributed by atoms with Crippen LogP contribution in [0, 0.1) is 0 Å². The molecule has 0 aliphatic rings. The van der Waals surface area contributed by atoms with Gasteiger partial charge in [0, 0.05) is 31.5 Å². The van der Waals surface area contributed by atoms with Gasteiger partial charge in [-0.2, -0.15) is 0 Å². The molecule has 1 aromatic rings. The molecular formula is C7H13N3O. The van der Waals surface area contributed by atoms with Crippen molar-refractivity contribution in [3.63, 3.8) is 0 Å². The predicted octanol–water partition coefficient (Wildman–Crippen LogP) is -0.0741. The van der Waals surface area contributed by atoms with E-state index in [2.05, 4.69) is 9.97 Å². The molecule has 0 amide bonds. The van der Waals surface area contributed by atoms with Crippen LogP contribution in [0.5, 0.6) is 0 Å². The fourth-order valence-electron chi connectivity index (χ4n) is 0.952. The largest absolute Gasteiger partial charge is 0.383 e. The molecule has 11 heavy (non-hydrogen) atoms. The number of aromatic nitrogens is 2. The van der Waals surface area contributed by atoms with E-state index in [1.165, 1.54) is 0 Å². The summed E-state index contributed by atoms with van der Waals surface area (Å²) >= 11 is 0. The Morgan fingerprint density at radius 3 is 3.18 bits per heavy atom. The van der Waals surface area contributed by atoms with Gasteiger partial charge in [0.15, 0.2) is 0 Å². The lowest BCUT2D eigenvalue weighted by atomic mass is 10.2. The maximum absolute atomic E-state index is 5.70. The topological polar surface area (TPSA) is 63.9 Å². The Labute approximate surface area is 65.8 Å². The monoisotopic (exact) mass is 155 g/mol. The van der Waals surface area contributed by atoms with Gasteiger partial charge in [-0.05, 0) is 0 Å². The second kappa shape index (κ2) is 4.10. The fourth-order valence-corrected chi connectivity index (χ4v) is 0.952. The molecule has 0 unspecified atom stereocenters. The Morgan fingerprint density at radius 1 is 1.82 bits per heavy atom. The minimum Gasteiger partial charge on any atom is -0.383 e. The van der Waals surface area contributed by atoms with Crippen molar-refractivity contribution in [3.8, 4) is 0 Å². The third kappa shape index (κ3) is 2.69. The van der Waals surface area contributed by atoms with Gasteiger partial charge in [0.05, 0.1) is 12.9 Å². The minimum absolute atomic E-state index is 0.0560. The minimum atomic E-state index is 0.0560. The van der Waals surface area contributed by atoms with Crippen molar-refractivity contribution in [2.75, 3.05) is 13.7 Å². The highest BCUT2D eigenvalue weighted by molar-refractivity contribution is 4.96. The van der Waals surface area contributed by atoms with Gasteiger partial charge in [-0.1, -0.05) is 0 Å². The zero-order chi connectivity index (χ0) is 8.10. The first-order valence-corrected chi connectivity index (χ1v) is 3.54. The Balaban J connectivity index is 2.31. The van der Waals surface area contributed by atoms with Crippen molar-refractivity contribution in [1.29, 1.82) is 0 Å². The molecule has 0 spiro atoms. The molecule has 0 saturated carbocycles. The lowest BCUT2D eigenvalue weighted by molar-refractivity contribution is 0.179. The van der Waals surface area contributed by atoms with E-state index in [1.54, 1.807) is 19.6 Å². The van der Waals surface area contributed by atoms with Crippen LogP contribution in [0.25, 0.3) is 0 Å². The van der Waals surface area contributed by atoms with Crippen molar-refractivity contribution in [3.05, 3.63) is 18.2 Å². The van der Waals surface area contributed by atoms with Crippen LogP contribution >= 0.6 is 0 Å². The molecule has 1 aromatic heterocycles. The van der Waals surface area contributed by atoms with Gasteiger partial charge in [-0.25, -0.2) is 4.98 Å². The molecule has 0 aromatic carbocycles. The van der Waals surface area contributed by atoms with Crippen LogP contribution in [0.4, 0.5) is 0 Å². The SMILES string of the molecule is COC[C@@H](N)Cc1cnc[nH]1. The molecule has 3 N–H and O–H groups in total. The first kappa shape index (κ1) is 8.23. The van der Waals surface area contributed by atoms with Crippen LogP contribution in [0.3, 0.4) is 0 Å². The van der Waals surface area contributed by atoms with Crippen LogP contribution in [0.2, 0.25) is 0 Å². The number of H-pyrrole nitrogens is 1. The van der Waals surface area contributed by atoms with Gasteiger partial charge in [0.2, 0.25) is 0 Å². The summed E-state index contributed by atoms with van der Waals surface area (Å²) in [5, 5.41) is 0. The van der Waals surface area contributed by atoms with Gasteiger partial charge in [0.25, 0.3) is 0 Å². The first-order chi connectivity index (χ1) is 5.33. The second-order valence-electron chi connectivity index (χ2n) is 2.50. The Bertz CT molecular complexity index is 186. The molecule has 1 heterocycles. The van der Waals surface area contributed by atoms with Crippen LogP contribution < -0.4 is 5.73 Å². The number of rotatable bonds is 4. The summed E-state index contributed by atoms with van der Waals surface area (Å²) < 4.78 is 4.89. The number of hydrogen-bond acceptors (Lipinski definition) is 3. The Morgan fingerprint density at radius 2 is 2.64 bits per heavy atom. The van der Waals surface area contributed by atoms with E-state index in [9.17, 15) is 0 Å². The maximum atomic E-state index is 5.70. The van der Waals surface area contributed by atoms with Gasteiger partial charge in [0.1, 0.15) is 0 Å². The van der Waals surface area contributed by atoms with E-state index < -0.39 is 0 Å². The Hall–Kier alpha value is -0.870. The standard InChI is InChI=1S/C7H13N3O/c1-11-4-6(8)2-7-3-9-5-10-7/h3,5-6H,2,4,8H2,1H3,(H,9,10)/t6-/m0/s1. The summed E-state index contributed by atoms with van der Waals surface area (Å²) in [6.45, 7) is 0.582. The van der Waals surface area contributed by atoms with E-state index in [4.69, 9.17) is 10.5 Å². The summed E-state index contributed by atoms with van der Waals surface area (Å²) in [7, 11) is 1.65. The van der Waals surface area contributed by atoms with Gasteiger partial charge in [-0.3, -0.25) is 0 Å². The molecule has 0 aliphatic carbocycles. The van der Waals surface area contributed by atoms with E-state index >= 15 is 0 Å². The lowest BCUT2D eigenvalue weighted by Gasteiger charge is -2.07. The van der Waals surface area contributed by atoms with E-state index in [0.717, 1.165) is 12.1 Å². The number of nitrogens with one attached hydrogen (secondary N) is 1. The number of methoxy groups -OCH3 is 1. The van der Waals surface area contributed by atoms with Crippen molar-refractivity contribution in [1.82, 2.24) is 9.97 Å². The Kier molecular flexibility index (Phi) is 3.07. The predicted molar refractivity (Wildman–Crippen MR) is 42.1 cm³/mol. The summed E-state index contributed by atoms with van der Waals surface area (Å²) in [4.78, 5) is 6.86. The molecule has 0 saturated heterocycles. The zero-order valence-electron chi connectivity index (χ0n) is 6.58. The van der Waals surface area contributed by atoms with Crippen LogP contribution in [0.15, 0.2) is 12.5 Å². The van der Waals surface area contributed by atoms with Gasteiger partial charge >= 0.3 is 0 Å². The number of nitrogens with zero attached hydrogens (tertiary/aromatic N) is 1. The molecular weight excluding hydrogens is 142 g/mol. The van der Waals surface area contributed by atoms with E-state index in [0.29, 0.717) is 6.61 Å². The molecule has 0 fully saturated rings. The van der Waals surface area contributed by atoms with Crippen LogP contribution in [-0.2, 0) is 11.2 Å². The summed E-state index contributed by atoms with van der Waals surface area (Å²) in [6.07, 6.45) is 4.21. The molecule has 1 atom stereocenters. The second-order valence-corrected chi connectivity index (χ2v) is 2.50. The number of ether oxygens (including phenoxy) is 1. The number of imidazole rings is 1. The number of hydrogen-bond donors (Lipinski definition) is 2. The average molecular weight is 155 g/mol. The molecule has 0 bridgehead atoms. The van der Waals surface area contributed by atoms with Crippen molar-refractivity contribution < 1.29 is 4.74 Å².